The molecule has 1 aromatic carbocycles. The molecule has 0 unspecified atom stereocenters. The summed E-state index contributed by atoms with van der Waals surface area (Å²) in [6, 6.07) is 4.92. The Labute approximate surface area is 88.8 Å². The summed E-state index contributed by atoms with van der Waals surface area (Å²) < 4.78 is 39.6. The van der Waals surface area contributed by atoms with Gasteiger partial charge in [0.15, 0.2) is 0 Å². The van der Waals surface area contributed by atoms with Crippen molar-refractivity contribution in [2.24, 2.45) is 0 Å². The molecule has 0 aromatic heterocycles. The molecule has 1 N–H and O–H groups in total. The third-order valence-electron chi connectivity index (χ3n) is 1.70. The topological polar surface area (TPSA) is 46.5 Å². The standard InChI is InChI=1S/C10H7F3O3/c1-6(9(14)15)7-4-2-3-5-8(7)16-10(11,12)13/h2-5H,1H2,(H,14,15). The van der Waals surface area contributed by atoms with Gasteiger partial charge < -0.3 is 9.84 Å². The Hall–Kier alpha value is -1.98. The average molecular weight is 232 g/mol. The van der Waals surface area contributed by atoms with Gasteiger partial charge in [-0.05, 0) is 6.07 Å². The molecule has 0 saturated heterocycles. The van der Waals surface area contributed by atoms with Crippen molar-refractivity contribution in [1.82, 2.24) is 0 Å². The molecular formula is C10H7F3O3. The van der Waals surface area contributed by atoms with Crippen molar-refractivity contribution in [2.45, 2.75) is 6.36 Å². The highest BCUT2D eigenvalue weighted by Crippen LogP contribution is 2.30. The Morgan fingerprint density at radius 2 is 1.88 bits per heavy atom. The normalized spacial score (nSPS) is 10.9. The molecule has 0 aliphatic carbocycles. The van der Waals surface area contributed by atoms with E-state index >= 15 is 0 Å². The predicted molar refractivity (Wildman–Crippen MR) is 49.8 cm³/mol. The van der Waals surface area contributed by atoms with Gasteiger partial charge in [-0.15, -0.1) is 13.2 Å². The van der Waals surface area contributed by atoms with E-state index < -0.39 is 23.7 Å². The van der Waals surface area contributed by atoms with Crippen molar-refractivity contribution >= 4 is 11.5 Å². The number of halogens is 3. The maximum Gasteiger partial charge on any atom is 0.573 e. The first kappa shape index (κ1) is 12.1. The molecule has 1 rings (SSSR count). The Morgan fingerprint density at radius 3 is 2.38 bits per heavy atom. The summed E-state index contributed by atoms with van der Waals surface area (Å²) in [5.74, 6) is -1.99. The van der Waals surface area contributed by atoms with Crippen LogP contribution in [0.25, 0.3) is 5.57 Å². The number of benzene rings is 1. The quantitative estimate of drug-likeness (QED) is 0.815. The Kier molecular flexibility index (Phi) is 3.22. The fraction of sp³-hybridized carbons (Fsp3) is 0.100. The lowest BCUT2D eigenvalue weighted by atomic mass is 10.1. The number of para-hydroxylation sites is 1. The van der Waals surface area contributed by atoms with Crippen molar-refractivity contribution in [3.05, 3.63) is 36.4 Å². The summed E-state index contributed by atoms with van der Waals surface area (Å²) in [5, 5.41) is 8.62. The zero-order valence-corrected chi connectivity index (χ0v) is 7.91. The molecule has 3 nitrogen and oxygen atoms in total. The van der Waals surface area contributed by atoms with E-state index in [-0.39, 0.29) is 5.56 Å². The summed E-state index contributed by atoms with van der Waals surface area (Å²) >= 11 is 0. The van der Waals surface area contributed by atoms with Crippen molar-refractivity contribution in [1.29, 1.82) is 0 Å². The Bertz CT molecular complexity index is 424. The molecule has 16 heavy (non-hydrogen) atoms. The molecule has 0 bridgehead atoms. The molecule has 0 atom stereocenters. The average Bonchev–Trinajstić information content (AvgIpc) is 2.15. The zero-order chi connectivity index (χ0) is 12.3. The molecule has 0 amide bonds. The Morgan fingerprint density at radius 1 is 1.31 bits per heavy atom. The van der Waals surface area contributed by atoms with Gasteiger partial charge in [0.2, 0.25) is 0 Å². The van der Waals surface area contributed by atoms with Crippen LogP contribution in [-0.2, 0) is 4.79 Å². The van der Waals surface area contributed by atoms with E-state index in [9.17, 15) is 18.0 Å². The molecule has 1 aromatic rings. The van der Waals surface area contributed by atoms with Crippen molar-refractivity contribution in [2.75, 3.05) is 0 Å². The van der Waals surface area contributed by atoms with Crippen LogP contribution in [0.5, 0.6) is 5.75 Å². The first-order chi connectivity index (χ1) is 7.31. The van der Waals surface area contributed by atoms with Crippen LogP contribution in [0, 0.1) is 0 Å². The van der Waals surface area contributed by atoms with Crippen LogP contribution in [0.1, 0.15) is 5.56 Å². The van der Waals surface area contributed by atoms with Crippen molar-refractivity contribution in [3.63, 3.8) is 0 Å². The van der Waals surface area contributed by atoms with E-state index in [1.165, 1.54) is 18.2 Å². The van der Waals surface area contributed by atoms with Gasteiger partial charge in [-0.3, -0.25) is 0 Å². The number of carboxylic acids is 1. The summed E-state index contributed by atoms with van der Waals surface area (Å²) in [5.41, 5.74) is -0.660. The smallest absolute Gasteiger partial charge is 0.478 e. The van der Waals surface area contributed by atoms with Crippen LogP contribution in [0.3, 0.4) is 0 Å². The molecule has 0 radical (unpaired) electrons. The van der Waals surface area contributed by atoms with Gasteiger partial charge in [-0.2, -0.15) is 0 Å². The van der Waals surface area contributed by atoms with Crippen LogP contribution >= 0.6 is 0 Å². The highest BCUT2D eigenvalue weighted by atomic mass is 19.4. The number of rotatable bonds is 3. The van der Waals surface area contributed by atoms with E-state index in [4.69, 9.17) is 5.11 Å². The number of carbonyl (C=O) groups is 1. The number of carboxylic acid groups (broad SMARTS) is 1. The maximum atomic E-state index is 12.0. The van der Waals surface area contributed by atoms with Gasteiger partial charge in [-0.25, -0.2) is 4.79 Å². The molecule has 0 heterocycles. The molecule has 0 fully saturated rings. The first-order valence-corrected chi connectivity index (χ1v) is 4.08. The van der Waals surface area contributed by atoms with E-state index in [1.807, 2.05) is 0 Å². The minimum absolute atomic E-state index is 0.202. The second-order valence-electron chi connectivity index (χ2n) is 2.83. The van der Waals surface area contributed by atoms with Crippen LogP contribution < -0.4 is 4.74 Å². The minimum atomic E-state index is -4.87. The fourth-order valence-corrected chi connectivity index (χ4v) is 1.04. The lowest BCUT2D eigenvalue weighted by Crippen LogP contribution is -2.18. The molecule has 0 aliphatic rings. The number of aliphatic carboxylic acids is 1. The SMILES string of the molecule is C=C(C(=O)O)c1ccccc1OC(F)(F)F. The van der Waals surface area contributed by atoms with Gasteiger partial charge in [-0.1, -0.05) is 24.8 Å². The van der Waals surface area contributed by atoms with Gasteiger partial charge in [0.05, 0.1) is 5.57 Å². The third kappa shape index (κ3) is 3.01. The lowest BCUT2D eigenvalue weighted by molar-refractivity contribution is -0.274. The second-order valence-corrected chi connectivity index (χ2v) is 2.83. The van der Waals surface area contributed by atoms with Crippen molar-refractivity contribution < 1.29 is 27.8 Å². The molecule has 0 aliphatic heterocycles. The molecular weight excluding hydrogens is 225 g/mol. The summed E-state index contributed by atoms with van der Waals surface area (Å²) in [4.78, 5) is 10.6. The molecule has 86 valence electrons. The largest absolute Gasteiger partial charge is 0.573 e. The van der Waals surface area contributed by atoms with Gasteiger partial charge in [0.1, 0.15) is 5.75 Å². The second kappa shape index (κ2) is 4.26. The molecule has 0 spiro atoms. The van der Waals surface area contributed by atoms with E-state index in [0.717, 1.165) is 6.07 Å². The van der Waals surface area contributed by atoms with Crippen LogP contribution in [0.15, 0.2) is 30.8 Å². The predicted octanol–water partition coefficient (Wildman–Crippen LogP) is 2.68. The Balaban J connectivity index is 3.10. The third-order valence-corrected chi connectivity index (χ3v) is 1.70. The van der Waals surface area contributed by atoms with Crippen LogP contribution in [0.4, 0.5) is 13.2 Å². The summed E-state index contributed by atoms with van der Waals surface area (Å²) in [6.45, 7) is 3.17. The monoisotopic (exact) mass is 232 g/mol. The maximum absolute atomic E-state index is 12.0. The first-order valence-electron chi connectivity index (χ1n) is 4.08. The minimum Gasteiger partial charge on any atom is -0.478 e. The molecule has 6 heteroatoms. The van der Waals surface area contributed by atoms with E-state index in [0.29, 0.717) is 0 Å². The van der Waals surface area contributed by atoms with Gasteiger partial charge in [0, 0.05) is 5.56 Å². The lowest BCUT2D eigenvalue weighted by Gasteiger charge is -2.12. The van der Waals surface area contributed by atoms with E-state index in [2.05, 4.69) is 11.3 Å². The van der Waals surface area contributed by atoms with E-state index in [1.54, 1.807) is 0 Å². The van der Waals surface area contributed by atoms with Gasteiger partial charge in [0.25, 0.3) is 0 Å². The summed E-state index contributed by atoms with van der Waals surface area (Å²) in [7, 11) is 0. The zero-order valence-electron chi connectivity index (χ0n) is 7.91. The highest BCUT2D eigenvalue weighted by Gasteiger charge is 2.32. The number of hydrogen-bond donors (Lipinski definition) is 1. The molecule has 0 saturated carbocycles. The highest BCUT2D eigenvalue weighted by molar-refractivity contribution is 6.15. The van der Waals surface area contributed by atoms with Crippen LogP contribution in [0.2, 0.25) is 0 Å². The van der Waals surface area contributed by atoms with Crippen molar-refractivity contribution in [3.8, 4) is 5.75 Å². The number of alkyl halides is 3. The fourth-order valence-electron chi connectivity index (χ4n) is 1.04. The van der Waals surface area contributed by atoms with Crippen LogP contribution in [-0.4, -0.2) is 17.4 Å². The number of ether oxygens (including phenoxy) is 1. The van der Waals surface area contributed by atoms with Gasteiger partial charge >= 0.3 is 12.3 Å². The summed E-state index contributed by atoms with van der Waals surface area (Å²) in [6.07, 6.45) is -4.87. The number of hydrogen-bond acceptors (Lipinski definition) is 2.